The fourth-order valence-corrected chi connectivity index (χ4v) is 4.82. The van der Waals surface area contributed by atoms with Crippen LogP contribution >= 0.6 is 27.7 Å². The third-order valence-electron chi connectivity index (χ3n) is 5.54. The lowest BCUT2D eigenvalue weighted by atomic mass is 9.96. The quantitative estimate of drug-likeness (QED) is 0.415. The number of rotatable bonds is 9. The van der Waals surface area contributed by atoms with E-state index in [9.17, 15) is 4.79 Å². The van der Waals surface area contributed by atoms with Gasteiger partial charge < -0.3 is 9.84 Å². The third kappa shape index (κ3) is 6.67. The van der Waals surface area contributed by atoms with E-state index in [2.05, 4.69) is 60.6 Å². The number of hydrogen-bond acceptors (Lipinski definition) is 6. The number of likely N-dealkylation sites (tertiary alicyclic amines) is 1. The Kier molecular flexibility index (Phi) is 8.36. The summed E-state index contributed by atoms with van der Waals surface area (Å²) in [6.07, 6.45) is 1.72. The number of piperidine rings is 1. The van der Waals surface area contributed by atoms with Gasteiger partial charge in [0.1, 0.15) is 0 Å². The summed E-state index contributed by atoms with van der Waals surface area (Å²) < 4.78 is 6.45. The Morgan fingerprint density at radius 2 is 1.88 bits per heavy atom. The summed E-state index contributed by atoms with van der Waals surface area (Å²) in [4.78, 5) is 19.3. The number of benzene rings is 2. The number of halogens is 1. The van der Waals surface area contributed by atoms with E-state index in [0.717, 1.165) is 54.0 Å². The van der Waals surface area contributed by atoms with Crippen molar-refractivity contribution in [1.29, 1.82) is 0 Å². The predicted octanol–water partition coefficient (Wildman–Crippen LogP) is 4.76. The number of carbonyl (C=O) groups is 1. The molecule has 168 valence electrons. The second-order valence-corrected chi connectivity index (χ2v) is 9.92. The van der Waals surface area contributed by atoms with Crippen molar-refractivity contribution in [1.82, 2.24) is 20.4 Å². The van der Waals surface area contributed by atoms with Gasteiger partial charge in [0.15, 0.2) is 0 Å². The first-order chi connectivity index (χ1) is 15.7. The molecule has 2 heterocycles. The molecule has 0 aliphatic carbocycles. The number of nitrogens with one attached hydrogen (secondary N) is 1. The van der Waals surface area contributed by atoms with Gasteiger partial charge in [-0.15, -0.1) is 0 Å². The van der Waals surface area contributed by atoms with Crippen molar-refractivity contribution in [3.05, 3.63) is 70.5 Å². The molecule has 1 aromatic heterocycles. The Balaban J connectivity index is 1.14. The molecule has 0 bridgehead atoms. The average Bonchev–Trinajstić information content (AvgIpc) is 3.29. The highest BCUT2D eigenvalue weighted by Gasteiger charge is 2.25. The van der Waals surface area contributed by atoms with E-state index in [1.807, 2.05) is 42.1 Å². The van der Waals surface area contributed by atoms with E-state index in [-0.39, 0.29) is 11.8 Å². The van der Waals surface area contributed by atoms with Gasteiger partial charge in [0.05, 0.1) is 6.54 Å². The van der Waals surface area contributed by atoms with Crippen LogP contribution in [0, 0.1) is 5.92 Å². The van der Waals surface area contributed by atoms with Crippen LogP contribution in [0.15, 0.2) is 63.6 Å². The molecule has 3 aromatic rings. The molecular formula is C24H27BrN4O2S. The van der Waals surface area contributed by atoms with Gasteiger partial charge in [-0.1, -0.05) is 51.4 Å². The summed E-state index contributed by atoms with van der Waals surface area (Å²) in [6, 6.07) is 18.3. The van der Waals surface area contributed by atoms with E-state index in [4.69, 9.17) is 4.52 Å². The fraction of sp³-hybridized carbons (Fsp3) is 0.375. The van der Waals surface area contributed by atoms with Crippen LogP contribution in [-0.4, -0.2) is 46.3 Å². The van der Waals surface area contributed by atoms with Crippen LogP contribution in [0.1, 0.15) is 24.3 Å². The van der Waals surface area contributed by atoms with Crippen molar-refractivity contribution in [3.63, 3.8) is 0 Å². The molecule has 0 radical (unpaired) electrons. The number of carbonyl (C=O) groups excluding carboxylic acids is 1. The summed E-state index contributed by atoms with van der Waals surface area (Å²) in [5.41, 5.74) is 2.25. The molecule has 32 heavy (non-hydrogen) atoms. The smallest absolute Gasteiger partial charge is 0.241 e. The maximum atomic E-state index is 12.5. The van der Waals surface area contributed by atoms with Gasteiger partial charge >= 0.3 is 0 Å². The molecule has 1 amide bonds. The highest BCUT2D eigenvalue weighted by Crippen LogP contribution is 2.22. The summed E-state index contributed by atoms with van der Waals surface area (Å²) in [7, 11) is 0. The average molecular weight is 515 g/mol. The second kappa shape index (κ2) is 11.6. The van der Waals surface area contributed by atoms with Gasteiger partial charge in [-0.2, -0.15) is 16.7 Å². The minimum Gasteiger partial charge on any atom is -0.355 e. The van der Waals surface area contributed by atoms with Crippen molar-refractivity contribution in [2.75, 3.05) is 25.4 Å². The third-order valence-corrected chi connectivity index (χ3v) is 7.10. The van der Waals surface area contributed by atoms with Gasteiger partial charge in [0, 0.05) is 34.0 Å². The van der Waals surface area contributed by atoms with Crippen LogP contribution in [0.4, 0.5) is 0 Å². The molecule has 0 atom stereocenters. The van der Waals surface area contributed by atoms with Crippen LogP contribution in [0.25, 0.3) is 11.4 Å². The van der Waals surface area contributed by atoms with Crippen LogP contribution in [-0.2, 0) is 17.1 Å². The van der Waals surface area contributed by atoms with Gasteiger partial charge in [0.2, 0.25) is 17.6 Å². The van der Waals surface area contributed by atoms with E-state index in [1.54, 1.807) is 0 Å². The number of amides is 1. The Hall–Kier alpha value is -2.16. The van der Waals surface area contributed by atoms with Crippen LogP contribution < -0.4 is 5.32 Å². The monoisotopic (exact) mass is 514 g/mol. The zero-order chi connectivity index (χ0) is 22.2. The lowest BCUT2D eigenvalue weighted by Crippen LogP contribution is -2.40. The number of nitrogens with zero attached hydrogens (tertiary/aromatic N) is 3. The Labute approximate surface area is 201 Å². The molecule has 1 N–H and O–H groups in total. The summed E-state index contributed by atoms with van der Waals surface area (Å²) in [5.74, 6) is 3.39. The van der Waals surface area contributed by atoms with Crippen molar-refractivity contribution < 1.29 is 9.32 Å². The minimum absolute atomic E-state index is 0.0892. The molecule has 1 fully saturated rings. The summed E-state index contributed by atoms with van der Waals surface area (Å²) >= 11 is 5.28. The Morgan fingerprint density at radius 1 is 1.12 bits per heavy atom. The zero-order valence-electron chi connectivity index (χ0n) is 17.9. The first kappa shape index (κ1) is 23.0. The SMILES string of the molecule is O=C(NCCSCc1ccccc1)C1CCN(Cc2nc(-c3ccc(Br)cc3)no2)CC1. The van der Waals surface area contributed by atoms with Crippen LogP contribution in [0.3, 0.4) is 0 Å². The lowest BCUT2D eigenvalue weighted by molar-refractivity contribution is -0.126. The van der Waals surface area contributed by atoms with Gasteiger partial charge in [-0.05, 0) is 55.8 Å². The standard InChI is InChI=1S/C24H27BrN4O2S/c25-21-8-6-19(7-9-21)23-27-22(31-28-23)16-29-13-10-20(11-14-29)24(30)26-12-15-32-17-18-4-2-1-3-5-18/h1-9,20H,10-17H2,(H,26,30). The van der Waals surface area contributed by atoms with Crippen molar-refractivity contribution >= 4 is 33.6 Å². The van der Waals surface area contributed by atoms with Crippen molar-refractivity contribution in [2.24, 2.45) is 5.92 Å². The van der Waals surface area contributed by atoms with Crippen molar-refractivity contribution in [3.8, 4) is 11.4 Å². The molecule has 0 spiro atoms. The first-order valence-electron chi connectivity index (χ1n) is 10.9. The minimum atomic E-state index is 0.0892. The number of hydrogen-bond donors (Lipinski definition) is 1. The Morgan fingerprint density at radius 3 is 2.62 bits per heavy atom. The van der Waals surface area contributed by atoms with E-state index < -0.39 is 0 Å². The van der Waals surface area contributed by atoms with E-state index in [1.165, 1.54) is 5.56 Å². The number of aromatic nitrogens is 2. The van der Waals surface area contributed by atoms with Crippen molar-refractivity contribution in [2.45, 2.75) is 25.1 Å². The van der Waals surface area contributed by atoms with Crippen LogP contribution in [0.2, 0.25) is 0 Å². The molecule has 8 heteroatoms. The highest BCUT2D eigenvalue weighted by molar-refractivity contribution is 9.10. The van der Waals surface area contributed by atoms with Gasteiger partial charge in [0.25, 0.3) is 0 Å². The molecule has 4 rings (SSSR count). The largest absolute Gasteiger partial charge is 0.355 e. The molecule has 6 nitrogen and oxygen atoms in total. The van der Waals surface area contributed by atoms with Crippen LogP contribution in [0.5, 0.6) is 0 Å². The molecule has 1 aliphatic rings. The van der Waals surface area contributed by atoms with E-state index >= 15 is 0 Å². The zero-order valence-corrected chi connectivity index (χ0v) is 20.3. The summed E-state index contributed by atoms with van der Waals surface area (Å²) in [6.45, 7) is 3.05. The summed E-state index contributed by atoms with van der Waals surface area (Å²) in [5, 5.41) is 7.20. The second-order valence-electron chi connectivity index (χ2n) is 7.90. The molecule has 2 aromatic carbocycles. The number of thioether (sulfide) groups is 1. The normalized spacial score (nSPS) is 15.0. The molecular weight excluding hydrogens is 488 g/mol. The Bertz CT molecular complexity index is 989. The van der Waals surface area contributed by atoms with Gasteiger partial charge in [-0.25, -0.2) is 0 Å². The topological polar surface area (TPSA) is 71.3 Å². The molecule has 0 unspecified atom stereocenters. The maximum Gasteiger partial charge on any atom is 0.241 e. The predicted molar refractivity (Wildman–Crippen MR) is 131 cm³/mol. The van der Waals surface area contributed by atoms with E-state index in [0.29, 0.717) is 18.3 Å². The molecule has 1 saturated heterocycles. The highest BCUT2D eigenvalue weighted by atomic mass is 79.9. The molecule has 0 saturated carbocycles. The lowest BCUT2D eigenvalue weighted by Gasteiger charge is -2.30. The van der Waals surface area contributed by atoms with Gasteiger partial charge in [-0.3, -0.25) is 9.69 Å². The fourth-order valence-electron chi connectivity index (χ4n) is 3.73. The molecule has 1 aliphatic heterocycles. The first-order valence-corrected chi connectivity index (χ1v) is 12.8. The maximum absolute atomic E-state index is 12.5.